The lowest BCUT2D eigenvalue weighted by atomic mass is 10.1. The maximum atomic E-state index is 12.9. The minimum Gasteiger partial charge on any atom is -0.483 e. The van der Waals surface area contributed by atoms with Gasteiger partial charge in [0.2, 0.25) is 0 Å². The van der Waals surface area contributed by atoms with Gasteiger partial charge in [0, 0.05) is 21.5 Å². The fraction of sp³-hybridized carbons (Fsp3) is 0.0370. The predicted octanol–water partition coefficient (Wildman–Crippen LogP) is 7.23. The van der Waals surface area contributed by atoms with Crippen LogP contribution in [-0.4, -0.2) is 18.4 Å². The minimum absolute atomic E-state index is 0.202. The highest BCUT2D eigenvalue weighted by Gasteiger charge is 2.14. The van der Waals surface area contributed by atoms with E-state index in [9.17, 15) is 9.59 Å². The molecular weight excluding hydrogens is 574 g/mol. The number of carbonyl (C=O) groups excluding carboxylic acids is 2. The van der Waals surface area contributed by atoms with Gasteiger partial charge in [0.05, 0.1) is 15.7 Å². The van der Waals surface area contributed by atoms with E-state index in [2.05, 4.69) is 47.8 Å². The predicted molar refractivity (Wildman–Crippen MR) is 147 cm³/mol. The lowest BCUT2D eigenvalue weighted by molar-refractivity contribution is -0.118. The Morgan fingerprint density at radius 1 is 0.714 bits per heavy atom. The Hall–Kier alpha value is -3.62. The summed E-state index contributed by atoms with van der Waals surface area (Å²) in [6.07, 6.45) is 0. The molecular formula is C27H21Br2N3O3. The van der Waals surface area contributed by atoms with E-state index in [1.54, 1.807) is 30.3 Å². The summed E-state index contributed by atoms with van der Waals surface area (Å²) in [5.41, 5.74) is 3.26. The van der Waals surface area contributed by atoms with Gasteiger partial charge in [0.25, 0.3) is 11.8 Å². The highest BCUT2D eigenvalue weighted by atomic mass is 79.9. The van der Waals surface area contributed by atoms with Crippen molar-refractivity contribution in [1.29, 1.82) is 0 Å². The molecule has 0 spiro atoms. The first-order valence-corrected chi connectivity index (χ1v) is 12.3. The molecule has 35 heavy (non-hydrogen) atoms. The SMILES string of the molecule is O=C(COc1ccc(Br)cc1Br)Nc1ccccc1C(=O)Nc1ccc(Nc2ccccc2)cc1. The summed E-state index contributed by atoms with van der Waals surface area (Å²) in [4.78, 5) is 25.4. The van der Waals surface area contributed by atoms with Crippen molar-refractivity contribution in [3.63, 3.8) is 0 Å². The zero-order valence-corrected chi connectivity index (χ0v) is 21.6. The van der Waals surface area contributed by atoms with Gasteiger partial charge in [-0.1, -0.05) is 46.3 Å². The molecule has 0 unspecified atom stereocenters. The van der Waals surface area contributed by atoms with E-state index in [1.807, 2.05) is 66.7 Å². The summed E-state index contributed by atoms with van der Waals surface area (Å²) >= 11 is 6.78. The molecule has 0 atom stereocenters. The third-order valence-electron chi connectivity index (χ3n) is 4.90. The highest BCUT2D eigenvalue weighted by Crippen LogP contribution is 2.28. The summed E-state index contributed by atoms with van der Waals surface area (Å²) < 4.78 is 7.21. The number of halogens is 2. The normalized spacial score (nSPS) is 10.3. The average molecular weight is 595 g/mol. The first-order valence-electron chi connectivity index (χ1n) is 10.7. The van der Waals surface area contributed by atoms with E-state index < -0.39 is 0 Å². The number of nitrogens with one attached hydrogen (secondary N) is 3. The Morgan fingerprint density at radius 3 is 2.11 bits per heavy atom. The standard InChI is InChI=1S/C27H21Br2N3O3/c28-18-10-15-25(23(29)16-18)35-17-26(33)32-24-9-5-4-8-22(24)27(34)31-21-13-11-20(12-14-21)30-19-6-2-1-3-7-19/h1-16,30H,17H2,(H,31,34)(H,32,33). The van der Waals surface area contributed by atoms with Crippen LogP contribution >= 0.6 is 31.9 Å². The van der Waals surface area contributed by atoms with Gasteiger partial charge in [0.15, 0.2) is 6.61 Å². The first kappa shape index (κ1) is 24.5. The van der Waals surface area contributed by atoms with Crippen LogP contribution in [-0.2, 0) is 4.79 Å². The molecule has 0 saturated carbocycles. The van der Waals surface area contributed by atoms with E-state index >= 15 is 0 Å². The van der Waals surface area contributed by atoms with Crippen molar-refractivity contribution < 1.29 is 14.3 Å². The number of rotatable bonds is 8. The van der Waals surface area contributed by atoms with Crippen molar-refractivity contribution >= 4 is 66.4 Å². The molecule has 4 rings (SSSR count). The maximum absolute atomic E-state index is 12.9. The smallest absolute Gasteiger partial charge is 0.262 e. The van der Waals surface area contributed by atoms with E-state index in [1.165, 1.54) is 0 Å². The molecule has 4 aromatic rings. The number of benzene rings is 4. The largest absolute Gasteiger partial charge is 0.483 e. The molecule has 0 aliphatic carbocycles. The fourth-order valence-electron chi connectivity index (χ4n) is 3.24. The monoisotopic (exact) mass is 593 g/mol. The Labute approximate surface area is 220 Å². The molecule has 3 N–H and O–H groups in total. The van der Waals surface area contributed by atoms with Crippen LogP contribution in [0.2, 0.25) is 0 Å². The molecule has 0 aliphatic heterocycles. The molecule has 0 aromatic heterocycles. The van der Waals surface area contributed by atoms with Gasteiger partial charge in [-0.25, -0.2) is 0 Å². The lowest BCUT2D eigenvalue weighted by Gasteiger charge is -2.13. The molecule has 0 aliphatic rings. The minimum atomic E-state index is -0.378. The number of ether oxygens (including phenoxy) is 1. The zero-order valence-electron chi connectivity index (χ0n) is 18.4. The van der Waals surface area contributed by atoms with Gasteiger partial charge in [-0.05, 0) is 82.7 Å². The summed E-state index contributed by atoms with van der Waals surface area (Å²) in [5.74, 6) is -0.169. The van der Waals surface area contributed by atoms with Crippen LogP contribution in [0.3, 0.4) is 0 Å². The van der Waals surface area contributed by atoms with Gasteiger partial charge in [-0.15, -0.1) is 0 Å². The van der Waals surface area contributed by atoms with Crippen molar-refractivity contribution in [3.8, 4) is 5.75 Å². The maximum Gasteiger partial charge on any atom is 0.262 e. The Kier molecular flexibility index (Phi) is 8.18. The van der Waals surface area contributed by atoms with Crippen molar-refractivity contribution in [2.75, 3.05) is 22.6 Å². The van der Waals surface area contributed by atoms with Gasteiger partial charge >= 0.3 is 0 Å². The molecule has 6 nitrogen and oxygen atoms in total. The molecule has 0 saturated heterocycles. The van der Waals surface area contributed by atoms with Crippen LogP contribution in [0.25, 0.3) is 0 Å². The summed E-state index contributed by atoms with van der Waals surface area (Å²) in [6.45, 7) is -0.202. The molecule has 4 aromatic carbocycles. The van der Waals surface area contributed by atoms with Crippen LogP contribution in [0, 0.1) is 0 Å². The Morgan fingerprint density at radius 2 is 1.37 bits per heavy atom. The highest BCUT2D eigenvalue weighted by molar-refractivity contribution is 9.11. The Balaban J connectivity index is 1.37. The molecule has 176 valence electrons. The second-order valence-electron chi connectivity index (χ2n) is 7.48. The fourth-order valence-corrected chi connectivity index (χ4v) is 4.40. The summed E-state index contributed by atoms with van der Waals surface area (Å²) in [7, 11) is 0. The van der Waals surface area contributed by atoms with E-state index in [-0.39, 0.29) is 18.4 Å². The number of carbonyl (C=O) groups is 2. The van der Waals surface area contributed by atoms with Gasteiger partial charge in [0.1, 0.15) is 5.75 Å². The van der Waals surface area contributed by atoms with Crippen LogP contribution in [0.5, 0.6) is 5.75 Å². The lowest BCUT2D eigenvalue weighted by Crippen LogP contribution is -2.23. The van der Waals surface area contributed by atoms with Gasteiger partial charge in [-0.3, -0.25) is 9.59 Å². The molecule has 0 radical (unpaired) electrons. The number of hydrogen-bond donors (Lipinski definition) is 3. The van der Waals surface area contributed by atoms with Crippen LogP contribution in [0.1, 0.15) is 10.4 Å². The van der Waals surface area contributed by atoms with Crippen molar-refractivity contribution in [1.82, 2.24) is 0 Å². The van der Waals surface area contributed by atoms with Gasteiger partial charge < -0.3 is 20.7 Å². The second kappa shape index (κ2) is 11.7. The first-order chi connectivity index (χ1) is 17.0. The molecule has 2 amide bonds. The van der Waals surface area contributed by atoms with E-state index in [0.29, 0.717) is 22.7 Å². The van der Waals surface area contributed by atoms with Crippen molar-refractivity contribution in [3.05, 3.63) is 112 Å². The van der Waals surface area contributed by atoms with E-state index in [4.69, 9.17) is 4.74 Å². The zero-order chi connectivity index (χ0) is 24.6. The topological polar surface area (TPSA) is 79.5 Å². The third kappa shape index (κ3) is 6.94. The third-order valence-corrected chi connectivity index (χ3v) is 6.02. The van der Waals surface area contributed by atoms with E-state index in [0.717, 1.165) is 20.3 Å². The van der Waals surface area contributed by atoms with Crippen LogP contribution < -0.4 is 20.7 Å². The summed E-state index contributed by atoms with van der Waals surface area (Å²) in [5, 5.41) is 8.93. The number of para-hydroxylation sites is 2. The van der Waals surface area contributed by atoms with Crippen LogP contribution in [0.15, 0.2) is 106 Å². The molecule has 0 heterocycles. The molecule has 0 bridgehead atoms. The second-order valence-corrected chi connectivity index (χ2v) is 9.25. The quantitative estimate of drug-likeness (QED) is 0.201. The summed E-state index contributed by atoms with van der Waals surface area (Å²) in [6, 6.07) is 29.4. The van der Waals surface area contributed by atoms with Gasteiger partial charge in [-0.2, -0.15) is 0 Å². The van der Waals surface area contributed by atoms with Crippen molar-refractivity contribution in [2.45, 2.75) is 0 Å². The Bertz CT molecular complexity index is 1330. The van der Waals surface area contributed by atoms with Crippen LogP contribution in [0.4, 0.5) is 22.7 Å². The molecule has 0 fully saturated rings. The number of anilines is 4. The average Bonchev–Trinajstić information content (AvgIpc) is 2.85. The van der Waals surface area contributed by atoms with Crippen molar-refractivity contribution in [2.24, 2.45) is 0 Å². The number of amides is 2. The number of hydrogen-bond acceptors (Lipinski definition) is 4. The molecule has 8 heteroatoms.